The van der Waals surface area contributed by atoms with Crippen molar-refractivity contribution < 1.29 is 4.79 Å². The molecule has 3 heteroatoms. The van der Waals surface area contributed by atoms with Gasteiger partial charge in [-0.25, -0.2) is 0 Å². The van der Waals surface area contributed by atoms with Crippen LogP contribution in [0.2, 0.25) is 0 Å². The highest BCUT2D eigenvalue weighted by molar-refractivity contribution is 8.00. The molecule has 0 aromatic heterocycles. The largest absolute Gasteiger partial charge is 0.325 e. The van der Waals surface area contributed by atoms with Gasteiger partial charge in [-0.1, -0.05) is 66.2 Å². The number of para-hydroxylation sites is 1. The van der Waals surface area contributed by atoms with Gasteiger partial charge in [-0.2, -0.15) is 0 Å². The van der Waals surface area contributed by atoms with Crippen molar-refractivity contribution >= 4 is 23.4 Å². The zero-order valence-electron chi connectivity index (χ0n) is 13.5. The van der Waals surface area contributed by atoms with E-state index in [2.05, 4.69) is 36.5 Å². The standard InChI is InChI=1S/C21H19NOS/c1-16-12-14-19(15-13-16)24-20(17-8-4-2-5-9-17)21(23)22-18-10-6-3-7-11-18/h2-15,20H,1H3,(H,22,23)/t20-/m0/s1. The quantitative estimate of drug-likeness (QED) is 0.628. The van der Waals surface area contributed by atoms with E-state index in [1.807, 2.05) is 60.7 Å². The lowest BCUT2D eigenvalue weighted by atomic mass is 10.1. The summed E-state index contributed by atoms with van der Waals surface area (Å²) in [7, 11) is 0. The number of anilines is 1. The molecule has 1 amide bonds. The lowest BCUT2D eigenvalue weighted by Crippen LogP contribution is -2.18. The van der Waals surface area contributed by atoms with E-state index in [0.29, 0.717) is 0 Å². The monoisotopic (exact) mass is 333 g/mol. The first-order valence-corrected chi connectivity index (χ1v) is 8.74. The molecule has 1 atom stereocenters. The van der Waals surface area contributed by atoms with E-state index < -0.39 is 0 Å². The van der Waals surface area contributed by atoms with E-state index in [1.54, 1.807) is 11.8 Å². The molecule has 0 aliphatic rings. The third-order valence-electron chi connectivity index (χ3n) is 3.66. The van der Waals surface area contributed by atoms with Crippen LogP contribution in [0.3, 0.4) is 0 Å². The Morgan fingerprint density at radius 3 is 2.04 bits per heavy atom. The van der Waals surface area contributed by atoms with E-state index >= 15 is 0 Å². The summed E-state index contributed by atoms with van der Waals surface area (Å²) in [5, 5.41) is 2.72. The third kappa shape index (κ3) is 4.27. The highest BCUT2D eigenvalue weighted by Crippen LogP contribution is 2.36. The van der Waals surface area contributed by atoms with Crippen molar-refractivity contribution in [1.29, 1.82) is 0 Å². The molecule has 3 rings (SSSR count). The van der Waals surface area contributed by atoms with Gasteiger partial charge in [-0.15, -0.1) is 11.8 Å². The first-order chi connectivity index (χ1) is 11.7. The minimum atomic E-state index is -0.297. The van der Waals surface area contributed by atoms with Gasteiger partial charge in [0.05, 0.1) is 0 Å². The highest BCUT2D eigenvalue weighted by Gasteiger charge is 2.22. The molecule has 0 fully saturated rings. The minimum absolute atomic E-state index is 0.0158. The van der Waals surface area contributed by atoms with Gasteiger partial charge in [0.1, 0.15) is 5.25 Å². The molecule has 2 nitrogen and oxygen atoms in total. The SMILES string of the molecule is Cc1ccc(S[C@H](C(=O)Nc2ccccc2)c2ccccc2)cc1. The van der Waals surface area contributed by atoms with Crippen molar-refractivity contribution in [3.05, 3.63) is 96.1 Å². The Labute approximate surface area is 146 Å². The van der Waals surface area contributed by atoms with Crippen LogP contribution in [-0.4, -0.2) is 5.91 Å². The molecule has 120 valence electrons. The second-order valence-corrected chi connectivity index (χ2v) is 6.76. The number of aryl methyl sites for hydroxylation is 1. The first kappa shape index (κ1) is 16.3. The summed E-state index contributed by atoms with van der Waals surface area (Å²) in [6.07, 6.45) is 0. The Morgan fingerprint density at radius 2 is 1.42 bits per heavy atom. The molecular formula is C21H19NOS. The maximum Gasteiger partial charge on any atom is 0.242 e. The highest BCUT2D eigenvalue weighted by atomic mass is 32.2. The van der Waals surface area contributed by atoms with Gasteiger partial charge in [0.25, 0.3) is 0 Å². The first-order valence-electron chi connectivity index (χ1n) is 7.86. The Balaban J connectivity index is 1.84. The van der Waals surface area contributed by atoms with Crippen LogP contribution in [0.4, 0.5) is 5.69 Å². The Hall–Kier alpha value is -2.52. The number of thioether (sulfide) groups is 1. The van der Waals surface area contributed by atoms with Crippen LogP contribution in [-0.2, 0) is 4.79 Å². The number of carbonyl (C=O) groups is 1. The smallest absolute Gasteiger partial charge is 0.242 e. The van der Waals surface area contributed by atoms with Gasteiger partial charge in [-0.3, -0.25) is 4.79 Å². The van der Waals surface area contributed by atoms with Crippen molar-refractivity contribution in [3.63, 3.8) is 0 Å². The molecule has 0 heterocycles. The van der Waals surface area contributed by atoms with E-state index in [4.69, 9.17) is 0 Å². The Kier molecular flexibility index (Phi) is 5.34. The van der Waals surface area contributed by atoms with Gasteiger partial charge in [0.2, 0.25) is 5.91 Å². The van der Waals surface area contributed by atoms with Crippen molar-refractivity contribution in [1.82, 2.24) is 0 Å². The summed E-state index contributed by atoms with van der Waals surface area (Å²) < 4.78 is 0. The summed E-state index contributed by atoms with van der Waals surface area (Å²) in [5.74, 6) is -0.0158. The normalized spacial score (nSPS) is 11.7. The summed E-state index contributed by atoms with van der Waals surface area (Å²) in [6, 6.07) is 27.7. The number of nitrogens with one attached hydrogen (secondary N) is 1. The van der Waals surface area contributed by atoms with E-state index in [-0.39, 0.29) is 11.2 Å². The second-order valence-electron chi connectivity index (χ2n) is 5.58. The van der Waals surface area contributed by atoms with Crippen LogP contribution in [0.25, 0.3) is 0 Å². The molecular weight excluding hydrogens is 314 g/mol. The molecule has 1 N–H and O–H groups in total. The summed E-state index contributed by atoms with van der Waals surface area (Å²) >= 11 is 1.57. The number of hydrogen-bond donors (Lipinski definition) is 1. The van der Waals surface area contributed by atoms with E-state index in [9.17, 15) is 4.79 Å². The number of hydrogen-bond acceptors (Lipinski definition) is 2. The van der Waals surface area contributed by atoms with E-state index in [0.717, 1.165) is 16.1 Å². The van der Waals surface area contributed by atoms with Gasteiger partial charge in [0, 0.05) is 10.6 Å². The molecule has 0 aliphatic heterocycles. The molecule has 0 saturated carbocycles. The maximum absolute atomic E-state index is 12.9. The second kappa shape index (κ2) is 7.84. The topological polar surface area (TPSA) is 29.1 Å². The third-order valence-corrected chi connectivity index (χ3v) is 4.92. The van der Waals surface area contributed by atoms with Gasteiger partial charge in [-0.05, 0) is 36.8 Å². The van der Waals surface area contributed by atoms with Crippen LogP contribution in [0.1, 0.15) is 16.4 Å². The number of rotatable bonds is 5. The van der Waals surface area contributed by atoms with Crippen LogP contribution in [0.5, 0.6) is 0 Å². The fraction of sp³-hybridized carbons (Fsp3) is 0.0952. The van der Waals surface area contributed by atoms with Crippen LogP contribution >= 0.6 is 11.8 Å². The molecule has 0 aliphatic carbocycles. The van der Waals surface area contributed by atoms with Crippen molar-refractivity contribution in [3.8, 4) is 0 Å². The predicted molar refractivity (Wildman–Crippen MR) is 101 cm³/mol. The van der Waals surface area contributed by atoms with Crippen LogP contribution in [0.15, 0.2) is 89.8 Å². The molecule has 24 heavy (non-hydrogen) atoms. The average molecular weight is 333 g/mol. The van der Waals surface area contributed by atoms with Crippen LogP contribution in [0, 0.1) is 6.92 Å². The summed E-state index contributed by atoms with van der Waals surface area (Å²) in [4.78, 5) is 13.9. The minimum Gasteiger partial charge on any atom is -0.325 e. The molecule has 0 radical (unpaired) electrons. The molecule has 0 spiro atoms. The fourth-order valence-electron chi connectivity index (χ4n) is 2.38. The molecule has 0 bridgehead atoms. The zero-order chi connectivity index (χ0) is 16.8. The van der Waals surface area contributed by atoms with Crippen molar-refractivity contribution in [2.75, 3.05) is 5.32 Å². The molecule has 3 aromatic rings. The van der Waals surface area contributed by atoms with E-state index in [1.165, 1.54) is 5.56 Å². The number of carbonyl (C=O) groups excluding carboxylic acids is 1. The number of amides is 1. The lowest BCUT2D eigenvalue weighted by Gasteiger charge is -2.17. The molecule has 3 aromatic carbocycles. The predicted octanol–water partition coefficient (Wildman–Crippen LogP) is 5.47. The molecule has 0 saturated heterocycles. The Morgan fingerprint density at radius 1 is 0.833 bits per heavy atom. The van der Waals surface area contributed by atoms with Gasteiger partial charge >= 0.3 is 0 Å². The van der Waals surface area contributed by atoms with Crippen molar-refractivity contribution in [2.45, 2.75) is 17.1 Å². The summed E-state index contributed by atoms with van der Waals surface area (Å²) in [6.45, 7) is 2.06. The van der Waals surface area contributed by atoms with Crippen LogP contribution < -0.4 is 5.32 Å². The average Bonchev–Trinajstić information content (AvgIpc) is 2.63. The molecule has 0 unspecified atom stereocenters. The Bertz CT molecular complexity index is 785. The lowest BCUT2D eigenvalue weighted by molar-refractivity contribution is -0.115. The number of benzene rings is 3. The zero-order valence-corrected chi connectivity index (χ0v) is 14.3. The summed E-state index contributed by atoms with van der Waals surface area (Å²) in [5.41, 5.74) is 3.02. The maximum atomic E-state index is 12.9. The van der Waals surface area contributed by atoms with Crippen molar-refractivity contribution in [2.24, 2.45) is 0 Å². The fourth-order valence-corrected chi connectivity index (χ4v) is 3.41. The van der Waals surface area contributed by atoms with Gasteiger partial charge < -0.3 is 5.32 Å². The van der Waals surface area contributed by atoms with Gasteiger partial charge in [0.15, 0.2) is 0 Å².